The first-order valence-electron chi connectivity index (χ1n) is 8.80. The number of carbonyl (C=O) groups is 1. The van der Waals surface area contributed by atoms with Gasteiger partial charge in [-0.05, 0) is 41.1 Å². The Morgan fingerprint density at radius 1 is 0.893 bits per heavy atom. The maximum Gasteiger partial charge on any atom is 0.339 e. The first kappa shape index (κ1) is 17.8. The molecule has 0 aliphatic carbocycles. The van der Waals surface area contributed by atoms with Crippen molar-refractivity contribution in [1.82, 2.24) is 0 Å². The van der Waals surface area contributed by atoms with E-state index in [0.29, 0.717) is 28.2 Å². The van der Waals surface area contributed by atoms with Gasteiger partial charge in [-0.25, -0.2) is 4.79 Å². The Labute approximate surface area is 161 Å². The standard InChI is InChI=1S/C23H18O5/c1-26-18-7-8-19(22(13-18)27-2)20(24)11-17-10-16-9-14-5-3-4-6-15(14)12-21(16)28-23(17)25/h3-10,12-13H,11H2,1-2H3. The molecular weight excluding hydrogens is 356 g/mol. The highest BCUT2D eigenvalue weighted by Crippen LogP contribution is 2.26. The third kappa shape index (κ3) is 3.22. The lowest BCUT2D eigenvalue weighted by molar-refractivity contribution is 0.0989. The van der Waals surface area contributed by atoms with Crippen molar-refractivity contribution in [2.75, 3.05) is 14.2 Å². The lowest BCUT2D eigenvalue weighted by Crippen LogP contribution is -2.14. The Morgan fingerprint density at radius 2 is 1.64 bits per heavy atom. The van der Waals surface area contributed by atoms with E-state index in [4.69, 9.17) is 13.9 Å². The van der Waals surface area contributed by atoms with Gasteiger partial charge < -0.3 is 13.9 Å². The molecule has 140 valence electrons. The molecule has 0 atom stereocenters. The van der Waals surface area contributed by atoms with Crippen LogP contribution in [0.15, 0.2) is 69.9 Å². The molecule has 0 radical (unpaired) electrons. The van der Waals surface area contributed by atoms with Gasteiger partial charge in [0.25, 0.3) is 0 Å². The van der Waals surface area contributed by atoms with E-state index in [1.165, 1.54) is 7.11 Å². The minimum atomic E-state index is -0.511. The quantitative estimate of drug-likeness (QED) is 0.294. The fourth-order valence-corrected chi connectivity index (χ4v) is 3.27. The lowest BCUT2D eigenvalue weighted by Gasteiger charge is -2.09. The maximum absolute atomic E-state index is 12.8. The second-order valence-corrected chi connectivity index (χ2v) is 6.46. The summed E-state index contributed by atoms with van der Waals surface area (Å²) in [7, 11) is 3.03. The number of rotatable bonds is 5. The van der Waals surface area contributed by atoms with E-state index in [1.54, 1.807) is 31.4 Å². The van der Waals surface area contributed by atoms with E-state index in [9.17, 15) is 9.59 Å². The van der Waals surface area contributed by atoms with Gasteiger partial charge in [0.1, 0.15) is 17.1 Å². The highest BCUT2D eigenvalue weighted by Gasteiger charge is 2.17. The molecule has 1 aromatic heterocycles. The highest BCUT2D eigenvalue weighted by atomic mass is 16.5. The zero-order valence-electron chi connectivity index (χ0n) is 15.5. The van der Waals surface area contributed by atoms with Gasteiger partial charge in [-0.15, -0.1) is 0 Å². The van der Waals surface area contributed by atoms with Crippen molar-refractivity contribution >= 4 is 27.5 Å². The number of Topliss-reactive ketones (excluding diaryl/α,β-unsaturated/α-hetero) is 1. The average molecular weight is 374 g/mol. The Kier molecular flexibility index (Phi) is 4.57. The minimum absolute atomic E-state index is 0.0756. The lowest BCUT2D eigenvalue weighted by atomic mass is 10.0. The van der Waals surface area contributed by atoms with E-state index in [-0.39, 0.29) is 12.2 Å². The summed E-state index contributed by atoms with van der Waals surface area (Å²) >= 11 is 0. The van der Waals surface area contributed by atoms with Crippen molar-refractivity contribution in [1.29, 1.82) is 0 Å². The van der Waals surface area contributed by atoms with E-state index in [2.05, 4.69) is 0 Å². The SMILES string of the molecule is COc1ccc(C(=O)Cc2cc3cc4ccccc4cc3oc2=O)c(OC)c1. The van der Waals surface area contributed by atoms with Gasteiger partial charge in [0.05, 0.1) is 19.8 Å². The van der Waals surface area contributed by atoms with Crippen molar-refractivity contribution in [3.05, 3.63) is 82.2 Å². The Bertz CT molecular complexity index is 1250. The fraction of sp³-hybridized carbons (Fsp3) is 0.130. The van der Waals surface area contributed by atoms with E-state index in [1.807, 2.05) is 36.4 Å². The zero-order chi connectivity index (χ0) is 19.7. The molecule has 0 fully saturated rings. The van der Waals surface area contributed by atoms with Crippen LogP contribution in [-0.2, 0) is 6.42 Å². The van der Waals surface area contributed by atoms with Crippen LogP contribution in [0.5, 0.6) is 11.5 Å². The third-order valence-corrected chi connectivity index (χ3v) is 4.73. The van der Waals surface area contributed by atoms with Crippen LogP contribution in [0.3, 0.4) is 0 Å². The molecule has 0 aliphatic rings. The van der Waals surface area contributed by atoms with Gasteiger partial charge in [0, 0.05) is 23.4 Å². The summed E-state index contributed by atoms with van der Waals surface area (Å²) in [5.41, 5.74) is 0.692. The van der Waals surface area contributed by atoms with Gasteiger partial charge in [0.15, 0.2) is 5.78 Å². The van der Waals surface area contributed by atoms with Crippen LogP contribution < -0.4 is 15.1 Å². The monoisotopic (exact) mass is 374 g/mol. The highest BCUT2D eigenvalue weighted by molar-refractivity contribution is 6.01. The van der Waals surface area contributed by atoms with Crippen molar-refractivity contribution in [3.63, 3.8) is 0 Å². The molecule has 5 nitrogen and oxygen atoms in total. The van der Waals surface area contributed by atoms with Gasteiger partial charge in [-0.3, -0.25) is 4.79 Å². The normalized spacial score (nSPS) is 10.9. The predicted octanol–water partition coefficient (Wildman–Crippen LogP) is 4.39. The van der Waals surface area contributed by atoms with Crippen molar-refractivity contribution in [3.8, 4) is 11.5 Å². The van der Waals surface area contributed by atoms with Crippen LogP contribution >= 0.6 is 0 Å². The molecule has 3 aromatic carbocycles. The van der Waals surface area contributed by atoms with E-state index in [0.717, 1.165) is 16.2 Å². The van der Waals surface area contributed by atoms with Gasteiger partial charge in [-0.2, -0.15) is 0 Å². The van der Waals surface area contributed by atoms with Crippen molar-refractivity contribution in [2.24, 2.45) is 0 Å². The smallest absolute Gasteiger partial charge is 0.339 e. The molecule has 0 aliphatic heterocycles. The topological polar surface area (TPSA) is 65.7 Å². The zero-order valence-corrected chi connectivity index (χ0v) is 15.5. The summed E-state index contributed by atoms with van der Waals surface area (Å²) in [6.07, 6.45) is -0.0756. The molecule has 0 spiro atoms. The molecule has 4 rings (SSSR count). The summed E-state index contributed by atoms with van der Waals surface area (Å²) in [5, 5.41) is 2.81. The van der Waals surface area contributed by atoms with Gasteiger partial charge in [-0.1, -0.05) is 24.3 Å². The van der Waals surface area contributed by atoms with Crippen LogP contribution in [0, 0.1) is 0 Å². The summed E-state index contributed by atoms with van der Waals surface area (Å²) in [5.74, 6) is 0.762. The molecular formula is C23H18O5. The van der Waals surface area contributed by atoms with Gasteiger partial charge >= 0.3 is 5.63 Å². The number of hydrogen-bond donors (Lipinski definition) is 0. The molecule has 0 unspecified atom stereocenters. The Morgan fingerprint density at radius 3 is 2.36 bits per heavy atom. The first-order chi connectivity index (χ1) is 13.6. The average Bonchev–Trinajstić information content (AvgIpc) is 2.72. The maximum atomic E-state index is 12.8. The molecule has 0 saturated carbocycles. The van der Waals surface area contributed by atoms with Crippen LogP contribution in [0.1, 0.15) is 15.9 Å². The molecule has 5 heteroatoms. The Hall–Kier alpha value is -3.60. The fourth-order valence-electron chi connectivity index (χ4n) is 3.27. The van der Waals surface area contributed by atoms with Crippen LogP contribution in [0.4, 0.5) is 0 Å². The molecule has 0 bridgehead atoms. The van der Waals surface area contributed by atoms with Crippen LogP contribution in [0.25, 0.3) is 21.7 Å². The molecule has 1 heterocycles. The third-order valence-electron chi connectivity index (χ3n) is 4.73. The van der Waals surface area contributed by atoms with Crippen LogP contribution in [0.2, 0.25) is 0 Å². The largest absolute Gasteiger partial charge is 0.497 e. The second-order valence-electron chi connectivity index (χ2n) is 6.46. The molecule has 0 N–H and O–H groups in total. The number of ketones is 1. The first-order valence-corrected chi connectivity index (χ1v) is 8.80. The van der Waals surface area contributed by atoms with Crippen LogP contribution in [-0.4, -0.2) is 20.0 Å². The number of fused-ring (bicyclic) bond motifs is 2. The summed E-state index contributed by atoms with van der Waals surface area (Å²) in [6, 6.07) is 18.3. The van der Waals surface area contributed by atoms with E-state index >= 15 is 0 Å². The number of ether oxygens (including phenoxy) is 2. The molecule has 0 saturated heterocycles. The second kappa shape index (κ2) is 7.19. The van der Waals surface area contributed by atoms with Crippen molar-refractivity contribution in [2.45, 2.75) is 6.42 Å². The number of benzene rings is 3. The molecule has 0 amide bonds. The number of hydrogen-bond acceptors (Lipinski definition) is 5. The molecule has 28 heavy (non-hydrogen) atoms. The predicted molar refractivity (Wildman–Crippen MR) is 108 cm³/mol. The Balaban J connectivity index is 1.73. The summed E-state index contributed by atoms with van der Waals surface area (Å²) in [6.45, 7) is 0. The summed E-state index contributed by atoms with van der Waals surface area (Å²) < 4.78 is 15.9. The minimum Gasteiger partial charge on any atom is -0.497 e. The number of carbonyl (C=O) groups excluding carboxylic acids is 1. The number of methoxy groups -OCH3 is 2. The molecule has 4 aromatic rings. The van der Waals surface area contributed by atoms with E-state index < -0.39 is 5.63 Å². The summed E-state index contributed by atoms with van der Waals surface area (Å²) in [4.78, 5) is 25.2. The van der Waals surface area contributed by atoms with Gasteiger partial charge in [0.2, 0.25) is 0 Å². The van der Waals surface area contributed by atoms with Crippen molar-refractivity contribution < 1.29 is 18.7 Å².